The number of ether oxygens (including phenoxy) is 2. The average molecular weight is 563 g/mol. The summed E-state index contributed by atoms with van der Waals surface area (Å²) in [6.45, 7) is 13.0. The molecule has 12 heteroatoms. The third kappa shape index (κ3) is 8.45. The van der Waals surface area contributed by atoms with E-state index in [9.17, 15) is 23.1 Å². The Hall–Kier alpha value is -3.09. The number of aliphatic hydroxyl groups excluding tert-OH is 1. The van der Waals surface area contributed by atoms with E-state index in [2.05, 4.69) is 20.0 Å². The van der Waals surface area contributed by atoms with Crippen LogP contribution in [-0.4, -0.2) is 59.2 Å². The first-order chi connectivity index (χ1) is 18.0. The molecule has 1 aliphatic heterocycles. The fourth-order valence-corrected chi connectivity index (χ4v) is 5.61. The standard InChI is InChI=1S/C27H38N4O7S/c1-16(18(3)32)12-17(2)30-23(33)19-13-28-25(29-14-19)31-39(35,36)21-10-8-20(9-11-21)38-27(6,7)15-26(4,5)22-24(34)37-22/h8-11,13-14,16-17,22,24,34H,12,15H2,1-7H3,(H,30,33)(H,28,29,31). The Morgan fingerprint density at radius 3 is 2.18 bits per heavy atom. The molecule has 1 amide bonds. The second-order valence-electron chi connectivity index (χ2n) is 11.5. The number of aliphatic hydroxyl groups is 1. The summed E-state index contributed by atoms with van der Waals surface area (Å²) < 4.78 is 39.3. The van der Waals surface area contributed by atoms with E-state index in [1.807, 2.05) is 27.7 Å². The lowest BCUT2D eigenvalue weighted by Gasteiger charge is -2.34. The van der Waals surface area contributed by atoms with Gasteiger partial charge in [0.1, 0.15) is 23.2 Å². The van der Waals surface area contributed by atoms with Crippen LogP contribution in [0.3, 0.4) is 0 Å². The van der Waals surface area contributed by atoms with Gasteiger partial charge < -0.3 is 19.9 Å². The van der Waals surface area contributed by atoms with Crippen molar-refractivity contribution in [3.63, 3.8) is 0 Å². The topological polar surface area (TPSA) is 160 Å². The first kappa shape index (κ1) is 30.5. The summed E-state index contributed by atoms with van der Waals surface area (Å²) >= 11 is 0. The molecule has 0 spiro atoms. The van der Waals surface area contributed by atoms with Crippen molar-refractivity contribution < 1.29 is 32.6 Å². The molecule has 1 aliphatic rings. The van der Waals surface area contributed by atoms with Crippen LogP contribution in [0.1, 0.15) is 71.7 Å². The van der Waals surface area contributed by atoms with Crippen molar-refractivity contribution in [1.82, 2.24) is 15.3 Å². The Kier molecular flexibility index (Phi) is 9.03. The molecule has 0 radical (unpaired) electrons. The molecule has 2 heterocycles. The molecular formula is C27H38N4O7S. The lowest BCUT2D eigenvalue weighted by molar-refractivity contribution is -0.120. The number of hydrogen-bond donors (Lipinski definition) is 3. The van der Waals surface area contributed by atoms with Crippen LogP contribution < -0.4 is 14.8 Å². The molecular weight excluding hydrogens is 524 g/mol. The van der Waals surface area contributed by atoms with Crippen LogP contribution in [0, 0.1) is 11.3 Å². The Morgan fingerprint density at radius 2 is 1.67 bits per heavy atom. The monoisotopic (exact) mass is 562 g/mol. The van der Waals surface area contributed by atoms with E-state index in [1.165, 1.54) is 31.5 Å². The Balaban J connectivity index is 1.58. The molecule has 39 heavy (non-hydrogen) atoms. The molecule has 1 aromatic heterocycles. The second-order valence-corrected chi connectivity index (χ2v) is 13.2. The van der Waals surface area contributed by atoms with E-state index in [-0.39, 0.29) is 45.7 Å². The van der Waals surface area contributed by atoms with Crippen LogP contribution in [0.4, 0.5) is 5.95 Å². The molecule has 0 aliphatic carbocycles. The number of benzene rings is 1. The van der Waals surface area contributed by atoms with Gasteiger partial charge in [0.15, 0.2) is 6.29 Å². The summed E-state index contributed by atoms with van der Waals surface area (Å²) in [7, 11) is -3.99. The maximum atomic E-state index is 12.8. The smallest absolute Gasteiger partial charge is 0.264 e. The number of epoxide rings is 1. The molecule has 0 saturated carbocycles. The molecule has 4 unspecified atom stereocenters. The minimum atomic E-state index is -3.99. The molecule has 1 aromatic carbocycles. The number of carbonyl (C=O) groups excluding carboxylic acids is 2. The highest BCUT2D eigenvalue weighted by atomic mass is 32.2. The number of Topliss-reactive ketones (excluding diaryl/α,β-unsaturated/α-hetero) is 1. The summed E-state index contributed by atoms with van der Waals surface area (Å²) in [4.78, 5) is 31.8. The van der Waals surface area contributed by atoms with Crippen LogP contribution in [0.25, 0.3) is 0 Å². The zero-order valence-electron chi connectivity index (χ0n) is 23.4. The van der Waals surface area contributed by atoms with Crippen molar-refractivity contribution in [1.29, 1.82) is 0 Å². The van der Waals surface area contributed by atoms with Gasteiger partial charge in [0.2, 0.25) is 5.95 Å². The van der Waals surface area contributed by atoms with Gasteiger partial charge in [-0.3, -0.25) is 9.59 Å². The summed E-state index contributed by atoms with van der Waals surface area (Å²) in [6.07, 6.45) is 2.57. The van der Waals surface area contributed by atoms with Crippen molar-refractivity contribution >= 4 is 27.7 Å². The van der Waals surface area contributed by atoms with Crippen LogP contribution in [0.5, 0.6) is 5.75 Å². The van der Waals surface area contributed by atoms with Crippen molar-refractivity contribution in [3.05, 3.63) is 42.2 Å². The van der Waals surface area contributed by atoms with E-state index in [1.54, 1.807) is 26.0 Å². The quantitative estimate of drug-likeness (QED) is 0.311. The average Bonchev–Trinajstić information content (AvgIpc) is 3.56. The number of rotatable bonds is 13. The van der Waals surface area contributed by atoms with E-state index in [4.69, 9.17) is 9.47 Å². The molecule has 2 aromatic rings. The van der Waals surface area contributed by atoms with Crippen molar-refractivity contribution in [2.45, 2.75) is 90.2 Å². The van der Waals surface area contributed by atoms with Gasteiger partial charge in [0.25, 0.3) is 15.9 Å². The highest BCUT2D eigenvalue weighted by Gasteiger charge is 2.51. The molecule has 1 fully saturated rings. The normalized spacial score (nSPS) is 19.1. The van der Waals surface area contributed by atoms with Crippen LogP contribution >= 0.6 is 0 Å². The predicted octanol–water partition coefficient (Wildman–Crippen LogP) is 3.30. The van der Waals surface area contributed by atoms with Crippen molar-refractivity contribution in [2.75, 3.05) is 4.72 Å². The minimum absolute atomic E-state index is 0.0127. The van der Waals surface area contributed by atoms with Gasteiger partial charge in [-0.05, 0) is 70.2 Å². The van der Waals surface area contributed by atoms with Gasteiger partial charge in [0.05, 0.1) is 10.5 Å². The van der Waals surface area contributed by atoms with Crippen LogP contribution in [0.15, 0.2) is 41.6 Å². The molecule has 214 valence electrons. The van der Waals surface area contributed by atoms with Gasteiger partial charge in [0, 0.05) is 24.4 Å². The van der Waals surface area contributed by atoms with Gasteiger partial charge >= 0.3 is 0 Å². The molecule has 3 N–H and O–H groups in total. The lowest BCUT2D eigenvalue weighted by atomic mass is 9.79. The number of anilines is 1. The van der Waals surface area contributed by atoms with Gasteiger partial charge in [-0.2, -0.15) is 0 Å². The first-order valence-electron chi connectivity index (χ1n) is 12.8. The van der Waals surface area contributed by atoms with Crippen molar-refractivity contribution in [3.8, 4) is 5.75 Å². The maximum absolute atomic E-state index is 12.8. The third-order valence-corrected chi connectivity index (χ3v) is 7.91. The summed E-state index contributed by atoms with van der Waals surface area (Å²) in [5, 5.41) is 12.4. The number of carbonyl (C=O) groups is 2. The SMILES string of the molecule is CC(=O)C(C)CC(C)NC(=O)c1cnc(NS(=O)(=O)c2ccc(OC(C)(C)CC(C)(C)C3OC3O)cc2)nc1. The lowest BCUT2D eigenvalue weighted by Crippen LogP contribution is -2.37. The molecule has 0 bridgehead atoms. The number of nitrogens with one attached hydrogen (secondary N) is 2. The summed E-state index contributed by atoms with van der Waals surface area (Å²) in [5.41, 5.74) is -0.743. The van der Waals surface area contributed by atoms with E-state index in [0.29, 0.717) is 18.6 Å². The number of sulfonamides is 1. The minimum Gasteiger partial charge on any atom is -0.488 e. The predicted molar refractivity (Wildman–Crippen MR) is 145 cm³/mol. The molecule has 3 rings (SSSR count). The van der Waals surface area contributed by atoms with Crippen LogP contribution in [-0.2, 0) is 19.6 Å². The van der Waals surface area contributed by atoms with Crippen molar-refractivity contribution in [2.24, 2.45) is 11.3 Å². The molecule has 4 atom stereocenters. The Bertz CT molecular complexity index is 1280. The number of aromatic nitrogens is 2. The fraction of sp³-hybridized carbons (Fsp3) is 0.556. The van der Waals surface area contributed by atoms with Crippen LogP contribution in [0.2, 0.25) is 0 Å². The Morgan fingerprint density at radius 1 is 1.10 bits per heavy atom. The highest BCUT2D eigenvalue weighted by Crippen LogP contribution is 2.43. The van der Waals surface area contributed by atoms with E-state index >= 15 is 0 Å². The fourth-order valence-electron chi connectivity index (χ4n) is 4.65. The molecule has 1 saturated heterocycles. The third-order valence-electron chi connectivity index (χ3n) is 6.57. The van der Waals surface area contributed by atoms with Gasteiger partial charge in [-0.1, -0.05) is 20.8 Å². The molecule has 11 nitrogen and oxygen atoms in total. The largest absolute Gasteiger partial charge is 0.488 e. The number of ketones is 1. The summed E-state index contributed by atoms with van der Waals surface area (Å²) in [5.74, 6) is -0.240. The first-order valence-corrected chi connectivity index (χ1v) is 14.3. The van der Waals surface area contributed by atoms with E-state index < -0.39 is 27.8 Å². The number of amides is 1. The number of hydrogen-bond acceptors (Lipinski definition) is 9. The van der Waals surface area contributed by atoms with E-state index in [0.717, 1.165) is 0 Å². The zero-order valence-corrected chi connectivity index (χ0v) is 24.2. The second kappa shape index (κ2) is 11.6. The Labute approximate surface area is 229 Å². The zero-order chi connectivity index (χ0) is 29.2. The highest BCUT2D eigenvalue weighted by molar-refractivity contribution is 7.92. The number of nitrogens with zero attached hydrogens (tertiary/aromatic N) is 2. The van der Waals surface area contributed by atoms with Gasteiger partial charge in [-0.15, -0.1) is 0 Å². The maximum Gasteiger partial charge on any atom is 0.264 e. The van der Waals surface area contributed by atoms with Gasteiger partial charge in [-0.25, -0.2) is 23.1 Å². The summed E-state index contributed by atoms with van der Waals surface area (Å²) in [6, 6.07) is 5.72.